The number of carbonyl (C=O) groups excluding carboxylic acids is 4. The molecule has 0 heterocycles. The molecular formula is C26H32N2O7. The molecule has 0 aliphatic rings. The van der Waals surface area contributed by atoms with Gasteiger partial charge in [-0.2, -0.15) is 0 Å². The third-order valence-electron chi connectivity index (χ3n) is 4.69. The van der Waals surface area contributed by atoms with Crippen LogP contribution in [0.4, 0.5) is 4.79 Å². The van der Waals surface area contributed by atoms with Gasteiger partial charge < -0.3 is 24.8 Å². The Hall–Kier alpha value is -3.88. The molecule has 2 unspecified atom stereocenters. The predicted octanol–water partition coefficient (Wildman–Crippen LogP) is 2.91. The van der Waals surface area contributed by atoms with Crippen LogP contribution in [0.1, 0.15) is 38.3 Å². The topological polar surface area (TPSA) is 120 Å². The molecule has 2 rings (SSSR count). The first-order valence-electron chi connectivity index (χ1n) is 11.2. The molecule has 0 bridgehead atoms. The Balaban J connectivity index is 2.06. The second-order valence-corrected chi connectivity index (χ2v) is 8.83. The molecule has 0 aliphatic carbocycles. The van der Waals surface area contributed by atoms with E-state index in [1.54, 1.807) is 45.0 Å². The van der Waals surface area contributed by atoms with Gasteiger partial charge in [0.05, 0.1) is 13.5 Å². The molecule has 9 heteroatoms. The standard InChI is InChI=1S/C26H32N2O7/c1-26(2,3)35-24(31)21(28-25(32)34-17-19-13-9-6-10-14-19)16-22(29)27-20(23(30)33-4)15-18-11-7-5-8-12-18/h5-14,20-21H,15-17H2,1-4H3,(H,27,29)(H,28,32). The molecule has 0 fully saturated rings. The largest absolute Gasteiger partial charge is 0.467 e. The Morgan fingerprint density at radius 1 is 0.800 bits per heavy atom. The fraction of sp³-hybridized carbons (Fsp3) is 0.385. The van der Waals surface area contributed by atoms with Crippen LogP contribution in [0.2, 0.25) is 0 Å². The summed E-state index contributed by atoms with van der Waals surface area (Å²) in [4.78, 5) is 50.1. The Morgan fingerprint density at radius 3 is 1.91 bits per heavy atom. The van der Waals surface area contributed by atoms with Crippen LogP contribution in [0.15, 0.2) is 60.7 Å². The molecule has 2 aromatic rings. The number of methoxy groups -OCH3 is 1. The highest BCUT2D eigenvalue weighted by molar-refractivity contribution is 5.90. The molecule has 2 N–H and O–H groups in total. The van der Waals surface area contributed by atoms with Gasteiger partial charge in [-0.05, 0) is 31.9 Å². The third kappa shape index (κ3) is 10.3. The highest BCUT2D eigenvalue weighted by atomic mass is 16.6. The van der Waals surface area contributed by atoms with Crippen LogP contribution >= 0.6 is 0 Å². The summed E-state index contributed by atoms with van der Waals surface area (Å²) in [6.45, 7) is 5.00. The smallest absolute Gasteiger partial charge is 0.408 e. The van der Waals surface area contributed by atoms with E-state index in [1.807, 2.05) is 36.4 Å². The molecule has 0 aliphatic heterocycles. The maximum Gasteiger partial charge on any atom is 0.408 e. The fourth-order valence-corrected chi connectivity index (χ4v) is 3.10. The van der Waals surface area contributed by atoms with Gasteiger partial charge in [0, 0.05) is 6.42 Å². The lowest BCUT2D eigenvalue weighted by molar-refractivity contribution is -0.158. The lowest BCUT2D eigenvalue weighted by Crippen LogP contribution is -2.49. The molecule has 188 valence electrons. The van der Waals surface area contributed by atoms with Crippen LogP contribution in [0.5, 0.6) is 0 Å². The van der Waals surface area contributed by atoms with Gasteiger partial charge in [0.1, 0.15) is 24.3 Å². The van der Waals surface area contributed by atoms with E-state index < -0.39 is 48.0 Å². The molecule has 0 spiro atoms. The van der Waals surface area contributed by atoms with Crippen molar-refractivity contribution in [3.8, 4) is 0 Å². The van der Waals surface area contributed by atoms with Crippen LogP contribution in [-0.4, -0.2) is 48.7 Å². The summed E-state index contributed by atoms with van der Waals surface area (Å²) < 4.78 is 15.3. The van der Waals surface area contributed by atoms with Gasteiger partial charge in [-0.3, -0.25) is 4.79 Å². The van der Waals surface area contributed by atoms with Crippen LogP contribution in [0.3, 0.4) is 0 Å². The summed E-state index contributed by atoms with van der Waals surface area (Å²) >= 11 is 0. The number of nitrogens with one attached hydrogen (secondary N) is 2. The first-order chi connectivity index (χ1) is 16.6. The van der Waals surface area contributed by atoms with Gasteiger partial charge in [-0.25, -0.2) is 14.4 Å². The summed E-state index contributed by atoms with van der Waals surface area (Å²) in [5, 5.41) is 4.98. The molecule has 2 aromatic carbocycles. The van der Waals surface area contributed by atoms with Crippen molar-refractivity contribution in [3.05, 3.63) is 71.8 Å². The molecular weight excluding hydrogens is 452 g/mol. The summed E-state index contributed by atoms with van der Waals surface area (Å²) in [5.74, 6) is -2.08. The summed E-state index contributed by atoms with van der Waals surface area (Å²) in [6.07, 6.45) is -1.15. The molecule has 9 nitrogen and oxygen atoms in total. The molecule has 2 atom stereocenters. The van der Waals surface area contributed by atoms with Crippen molar-refractivity contribution < 1.29 is 33.4 Å². The Kier molecular flexibility index (Phi) is 10.3. The third-order valence-corrected chi connectivity index (χ3v) is 4.69. The number of ether oxygens (including phenoxy) is 3. The van der Waals surface area contributed by atoms with Crippen molar-refractivity contribution in [1.29, 1.82) is 0 Å². The predicted molar refractivity (Wildman–Crippen MR) is 128 cm³/mol. The summed E-state index contributed by atoms with van der Waals surface area (Å²) in [7, 11) is 1.22. The minimum Gasteiger partial charge on any atom is -0.467 e. The number of esters is 2. The molecule has 2 amide bonds. The number of hydrogen-bond acceptors (Lipinski definition) is 7. The van der Waals surface area contributed by atoms with Crippen molar-refractivity contribution in [3.63, 3.8) is 0 Å². The van der Waals surface area contributed by atoms with Gasteiger partial charge >= 0.3 is 18.0 Å². The average Bonchev–Trinajstić information content (AvgIpc) is 2.81. The maximum atomic E-state index is 12.8. The van der Waals surface area contributed by atoms with Crippen molar-refractivity contribution in [1.82, 2.24) is 10.6 Å². The van der Waals surface area contributed by atoms with E-state index in [2.05, 4.69) is 10.6 Å². The van der Waals surface area contributed by atoms with E-state index in [-0.39, 0.29) is 13.0 Å². The van der Waals surface area contributed by atoms with Crippen LogP contribution in [0.25, 0.3) is 0 Å². The monoisotopic (exact) mass is 484 g/mol. The molecule has 0 radical (unpaired) electrons. The zero-order chi connectivity index (χ0) is 25.8. The van der Waals surface area contributed by atoms with E-state index in [0.29, 0.717) is 0 Å². The fourth-order valence-electron chi connectivity index (χ4n) is 3.10. The Bertz CT molecular complexity index is 988. The minimum atomic E-state index is -1.33. The maximum absolute atomic E-state index is 12.8. The van der Waals surface area contributed by atoms with Crippen LogP contribution in [0, 0.1) is 0 Å². The zero-order valence-electron chi connectivity index (χ0n) is 20.4. The van der Waals surface area contributed by atoms with Crippen LogP contribution < -0.4 is 10.6 Å². The molecule has 0 saturated carbocycles. The minimum absolute atomic E-state index is 0.0125. The number of benzene rings is 2. The first-order valence-corrected chi connectivity index (χ1v) is 11.2. The molecule has 0 saturated heterocycles. The molecule has 0 aromatic heterocycles. The van der Waals surface area contributed by atoms with Crippen molar-refractivity contribution in [2.75, 3.05) is 7.11 Å². The SMILES string of the molecule is COC(=O)C(Cc1ccccc1)NC(=O)CC(NC(=O)OCc1ccccc1)C(=O)OC(C)(C)C. The number of carbonyl (C=O) groups is 4. The molecule has 35 heavy (non-hydrogen) atoms. The van der Waals surface area contributed by atoms with E-state index >= 15 is 0 Å². The Labute approximate surface area is 205 Å². The van der Waals surface area contributed by atoms with E-state index in [9.17, 15) is 19.2 Å². The highest BCUT2D eigenvalue weighted by Gasteiger charge is 2.31. The first kappa shape index (κ1) is 27.4. The van der Waals surface area contributed by atoms with Gasteiger partial charge in [-0.15, -0.1) is 0 Å². The van der Waals surface area contributed by atoms with Gasteiger partial charge in [-0.1, -0.05) is 60.7 Å². The van der Waals surface area contributed by atoms with Crippen LogP contribution in [-0.2, 0) is 41.6 Å². The lowest BCUT2D eigenvalue weighted by Gasteiger charge is -2.25. The van der Waals surface area contributed by atoms with Crippen molar-refractivity contribution in [2.24, 2.45) is 0 Å². The summed E-state index contributed by atoms with van der Waals surface area (Å²) in [5.41, 5.74) is 0.731. The Morgan fingerprint density at radius 2 is 1.37 bits per heavy atom. The number of hydrogen-bond donors (Lipinski definition) is 2. The second kappa shape index (κ2) is 13.1. The van der Waals surface area contributed by atoms with E-state index in [1.165, 1.54) is 7.11 Å². The lowest BCUT2D eigenvalue weighted by atomic mass is 10.1. The van der Waals surface area contributed by atoms with Gasteiger partial charge in [0.15, 0.2) is 0 Å². The normalized spacial score (nSPS) is 12.6. The van der Waals surface area contributed by atoms with E-state index in [0.717, 1.165) is 11.1 Å². The zero-order valence-corrected chi connectivity index (χ0v) is 20.4. The average molecular weight is 485 g/mol. The van der Waals surface area contributed by atoms with Gasteiger partial charge in [0.25, 0.3) is 0 Å². The number of amides is 2. The summed E-state index contributed by atoms with van der Waals surface area (Å²) in [6, 6.07) is 15.8. The number of alkyl carbamates (subject to hydrolysis) is 1. The quantitative estimate of drug-likeness (QED) is 0.393. The highest BCUT2D eigenvalue weighted by Crippen LogP contribution is 2.11. The van der Waals surface area contributed by atoms with Gasteiger partial charge in [0.2, 0.25) is 5.91 Å². The second-order valence-electron chi connectivity index (χ2n) is 8.83. The van der Waals surface area contributed by atoms with Crippen molar-refractivity contribution >= 4 is 23.9 Å². The van der Waals surface area contributed by atoms with Crippen molar-refractivity contribution in [2.45, 2.75) is 57.9 Å². The van der Waals surface area contributed by atoms with E-state index in [4.69, 9.17) is 14.2 Å². The number of rotatable bonds is 10.